The SMILES string of the molecule is Cl.NC(N)=N[N+](=O)[O-].NC(N)=N[N+](=O)[O-].O=S(=O)(O)OS(=O)(=O)OS(=O)(=O)O. The summed E-state index contributed by atoms with van der Waals surface area (Å²) in [5, 5.41) is 21.6. The number of nitro groups is 2. The molecule has 10 N–H and O–H groups in total. The van der Waals surface area contributed by atoms with Gasteiger partial charge in [0.25, 0.3) is 11.9 Å². The molecule has 0 spiro atoms. The number of nitrogens with two attached hydrogens (primary N) is 4. The number of hydrogen-bond acceptors (Lipinski definition) is 12. The molecule has 0 heterocycles. The van der Waals surface area contributed by atoms with E-state index < -0.39 is 53.2 Å². The average Bonchev–Trinajstić information content (AvgIpc) is 2.17. The standard InChI is InChI=1S/2CH4N4O2.ClH.H2O10S3/c2*2-1(3)4-5(6)7;;1-11(2,3)9-13(7,8)10-12(4,5)6/h2*(H4,2,3,4);1H;(H,1,2,3)(H,4,5,6). The Hall–Kier alpha value is -2.68. The van der Waals surface area contributed by atoms with E-state index in [4.69, 9.17) is 9.11 Å². The summed E-state index contributed by atoms with van der Waals surface area (Å²) < 4.78 is 80.2. The topological polar surface area (TPSA) is 376 Å². The van der Waals surface area contributed by atoms with Crippen LogP contribution in [0.5, 0.6) is 0 Å². The summed E-state index contributed by atoms with van der Waals surface area (Å²) in [5.41, 5.74) is 18.3. The molecule has 0 atom stereocenters. The minimum Gasteiger partial charge on any atom is -0.365 e. The van der Waals surface area contributed by atoms with E-state index in [0.717, 1.165) is 0 Å². The minimum absolute atomic E-state index is 0. The highest BCUT2D eigenvalue weighted by molar-refractivity contribution is 8.00. The van der Waals surface area contributed by atoms with E-state index in [2.05, 4.69) is 40.4 Å². The van der Waals surface area contributed by atoms with Gasteiger partial charge >= 0.3 is 31.2 Å². The highest BCUT2D eigenvalue weighted by Gasteiger charge is 2.27. The lowest BCUT2D eigenvalue weighted by Gasteiger charge is -1.97. The molecule has 22 nitrogen and oxygen atoms in total. The molecule has 0 amide bonds. The summed E-state index contributed by atoms with van der Waals surface area (Å²) in [6, 6.07) is 0. The third-order valence-electron chi connectivity index (χ3n) is 0.733. The van der Waals surface area contributed by atoms with Crippen LogP contribution in [0.2, 0.25) is 0 Å². The molecule has 0 aliphatic carbocycles. The second-order valence-corrected chi connectivity index (χ2v) is 6.54. The van der Waals surface area contributed by atoms with Crippen molar-refractivity contribution in [2.75, 3.05) is 0 Å². The molecule has 0 aliphatic rings. The molecule has 0 saturated carbocycles. The monoisotopic (exact) mass is 502 g/mol. The van der Waals surface area contributed by atoms with Crippen LogP contribution < -0.4 is 22.9 Å². The Labute approximate surface area is 161 Å². The van der Waals surface area contributed by atoms with Crippen molar-refractivity contribution in [1.82, 2.24) is 0 Å². The highest BCUT2D eigenvalue weighted by atomic mass is 35.5. The van der Waals surface area contributed by atoms with Crippen LogP contribution >= 0.6 is 12.4 Å². The van der Waals surface area contributed by atoms with Crippen LogP contribution in [0.1, 0.15) is 0 Å². The van der Waals surface area contributed by atoms with Gasteiger partial charge in [-0.05, 0) is 0 Å². The Morgan fingerprint density at radius 1 is 0.750 bits per heavy atom. The summed E-state index contributed by atoms with van der Waals surface area (Å²) >= 11 is 0. The van der Waals surface area contributed by atoms with E-state index in [1.165, 1.54) is 0 Å². The summed E-state index contributed by atoms with van der Waals surface area (Å²) in [4.78, 5) is 18.5. The van der Waals surface area contributed by atoms with Gasteiger partial charge in [0.15, 0.2) is 10.1 Å². The van der Waals surface area contributed by atoms with Crippen molar-refractivity contribution in [2.45, 2.75) is 0 Å². The van der Waals surface area contributed by atoms with Gasteiger partial charge in [-0.15, -0.1) is 12.4 Å². The number of rotatable bonds is 6. The van der Waals surface area contributed by atoms with Gasteiger partial charge in [-0.25, -0.2) is 20.2 Å². The Morgan fingerprint density at radius 2 is 0.964 bits per heavy atom. The van der Waals surface area contributed by atoms with Gasteiger partial charge in [-0.3, -0.25) is 9.11 Å². The second kappa shape index (κ2) is 13.5. The lowest BCUT2D eigenvalue weighted by molar-refractivity contribution is -0.485. The lowest BCUT2D eigenvalue weighted by Crippen LogP contribution is -2.23. The van der Waals surface area contributed by atoms with Crippen LogP contribution in [0.3, 0.4) is 0 Å². The summed E-state index contributed by atoms with van der Waals surface area (Å²) in [6.07, 6.45) is 0. The normalized spacial score (nSPS) is 10.4. The molecule has 0 aliphatic heterocycles. The van der Waals surface area contributed by atoms with Crippen LogP contribution in [-0.4, -0.2) is 56.3 Å². The van der Waals surface area contributed by atoms with Crippen molar-refractivity contribution < 1.29 is 51.7 Å². The van der Waals surface area contributed by atoms with E-state index in [1.807, 2.05) is 0 Å². The Balaban J connectivity index is -0.000000165. The zero-order valence-electron chi connectivity index (χ0n) is 12.5. The van der Waals surface area contributed by atoms with Crippen molar-refractivity contribution in [1.29, 1.82) is 0 Å². The van der Waals surface area contributed by atoms with E-state index in [-0.39, 0.29) is 12.4 Å². The van der Waals surface area contributed by atoms with Gasteiger partial charge in [0.2, 0.25) is 0 Å². The number of guanidine groups is 2. The van der Waals surface area contributed by atoms with Crippen molar-refractivity contribution in [3.8, 4) is 0 Å². The van der Waals surface area contributed by atoms with Crippen molar-refractivity contribution in [2.24, 2.45) is 33.1 Å². The first-order valence-electron chi connectivity index (χ1n) is 4.76. The van der Waals surface area contributed by atoms with Gasteiger partial charge in [0.1, 0.15) is 0 Å². The maximum Gasteiger partial charge on any atom is 0.432 e. The Bertz CT molecular complexity index is 811. The van der Waals surface area contributed by atoms with E-state index >= 15 is 0 Å². The minimum atomic E-state index is -5.57. The number of hydrogen-bond donors (Lipinski definition) is 6. The maximum atomic E-state index is 10.1. The number of nitrogens with zero attached hydrogens (tertiary/aromatic N) is 4. The average molecular weight is 503 g/mol. The van der Waals surface area contributed by atoms with Gasteiger partial charge in [-0.1, -0.05) is 7.26 Å². The lowest BCUT2D eigenvalue weighted by atomic mass is 11.1. The van der Waals surface area contributed by atoms with Crippen LogP contribution in [0, 0.1) is 20.2 Å². The van der Waals surface area contributed by atoms with Crippen LogP contribution in [0.4, 0.5) is 0 Å². The first-order chi connectivity index (χ1) is 11.7. The zero-order valence-corrected chi connectivity index (χ0v) is 15.8. The molecule has 26 heteroatoms. The second-order valence-electron chi connectivity index (χ2n) is 2.93. The molecule has 0 fully saturated rings. The molecule has 0 unspecified atom stereocenters. The van der Waals surface area contributed by atoms with Gasteiger partial charge in [0.05, 0.1) is 10.2 Å². The van der Waals surface area contributed by atoms with Crippen LogP contribution in [0.25, 0.3) is 0 Å². The van der Waals surface area contributed by atoms with Gasteiger partial charge in [0, 0.05) is 0 Å². The first kappa shape index (κ1) is 32.9. The fourth-order valence-electron chi connectivity index (χ4n) is 0.411. The summed E-state index contributed by atoms with van der Waals surface area (Å²) in [5.74, 6) is -1.07. The molecule has 0 radical (unpaired) electrons. The third-order valence-corrected chi connectivity index (χ3v) is 3.44. The molecule has 0 rings (SSSR count). The quantitative estimate of drug-likeness (QED) is 0.0651. The van der Waals surface area contributed by atoms with Crippen molar-refractivity contribution in [3.05, 3.63) is 20.2 Å². The van der Waals surface area contributed by atoms with Crippen molar-refractivity contribution in [3.63, 3.8) is 0 Å². The molecular formula is C2H11ClN8O14S3. The maximum absolute atomic E-state index is 10.1. The largest absolute Gasteiger partial charge is 0.432 e. The number of hydrazone groups is 2. The molecule has 0 aromatic rings. The highest BCUT2D eigenvalue weighted by Crippen LogP contribution is 2.03. The Morgan fingerprint density at radius 3 is 1.04 bits per heavy atom. The predicted molar refractivity (Wildman–Crippen MR) is 87.0 cm³/mol. The van der Waals surface area contributed by atoms with Gasteiger partial charge in [-0.2, -0.15) is 25.3 Å². The fraction of sp³-hybridized carbons (Fsp3) is 0. The molecule has 0 saturated heterocycles. The van der Waals surface area contributed by atoms with Gasteiger partial charge < -0.3 is 22.9 Å². The zero-order chi connectivity index (χ0) is 22.6. The van der Waals surface area contributed by atoms with E-state index in [9.17, 15) is 45.5 Å². The van der Waals surface area contributed by atoms with Crippen LogP contribution in [0.15, 0.2) is 10.2 Å². The molecule has 0 bridgehead atoms. The predicted octanol–water partition coefficient (Wildman–Crippen LogP) is -4.81. The smallest absolute Gasteiger partial charge is 0.365 e. The first-order valence-corrected chi connectivity index (χ1v) is 8.83. The number of halogens is 1. The van der Waals surface area contributed by atoms with Crippen molar-refractivity contribution >= 4 is 55.5 Å². The molecular weight excluding hydrogens is 492 g/mol. The molecule has 168 valence electrons. The fourth-order valence-corrected chi connectivity index (χ4v) is 2.39. The van der Waals surface area contributed by atoms with Crippen LogP contribution in [-0.2, 0) is 38.5 Å². The summed E-state index contributed by atoms with van der Waals surface area (Å²) in [7, 11) is -16.5. The van der Waals surface area contributed by atoms with E-state index in [1.54, 1.807) is 0 Å². The summed E-state index contributed by atoms with van der Waals surface area (Å²) in [6.45, 7) is 0. The molecule has 0 aromatic carbocycles. The van der Waals surface area contributed by atoms with E-state index in [0.29, 0.717) is 0 Å². The Kier molecular flexibility index (Phi) is 15.9. The molecule has 28 heavy (non-hydrogen) atoms. The third kappa shape index (κ3) is 38.7. The molecule has 0 aromatic heterocycles.